The molecule has 0 spiro atoms. The minimum Gasteiger partial charge on any atom is -0.445 e. The van der Waals surface area contributed by atoms with E-state index in [2.05, 4.69) is 5.32 Å². The summed E-state index contributed by atoms with van der Waals surface area (Å²) < 4.78 is 5.33. The number of nitrogens with zero attached hydrogens (tertiary/aromatic N) is 2. The van der Waals surface area contributed by atoms with Gasteiger partial charge in [0.15, 0.2) is 5.75 Å². The van der Waals surface area contributed by atoms with E-state index >= 15 is 0 Å². The summed E-state index contributed by atoms with van der Waals surface area (Å²) in [6, 6.07) is 8.95. The molecule has 1 atom stereocenters. The summed E-state index contributed by atoms with van der Waals surface area (Å²) >= 11 is 0. The molecule has 0 aromatic heterocycles. The van der Waals surface area contributed by atoms with Gasteiger partial charge in [-0.05, 0) is 23.4 Å². The topological polar surface area (TPSA) is 79.0 Å². The van der Waals surface area contributed by atoms with Crippen LogP contribution in [0, 0.1) is 0 Å². The van der Waals surface area contributed by atoms with Gasteiger partial charge in [-0.25, -0.2) is 4.79 Å². The molecule has 1 saturated heterocycles. The number of carbonyl (C=O) groups excluding carboxylic acids is 3. The van der Waals surface area contributed by atoms with Crippen LogP contribution in [-0.2, 0) is 31.8 Å². The summed E-state index contributed by atoms with van der Waals surface area (Å²) in [5.74, 6) is 0.207. The number of ether oxygens (including phenoxy) is 1. The number of carbonyl (C=O) groups is 3. The van der Waals surface area contributed by atoms with Gasteiger partial charge in [-0.15, -0.1) is 0 Å². The predicted octanol–water partition coefficient (Wildman–Crippen LogP) is 0.850. The number of rotatable bonds is 6. The van der Waals surface area contributed by atoms with Gasteiger partial charge in [0.05, 0.1) is 12.5 Å². The van der Waals surface area contributed by atoms with Crippen molar-refractivity contribution in [1.29, 1.82) is 0 Å². The van der Waals surface area contributed by atoms with Crippen molar-refractivity contribution in [2.75, 3.05) is 44.4 Å². The van der Waals surface area contributed by atoms with Crippen LogP contribution in [0.5, 0.6) is 0 Å². The molecule has 1 N–H and O–H groups in total. The Bertz CT molecular complexity index is 646. The van der Waals surface area contributed by atoms with Gasteiger partial charge in [-0.1, -0.05) is 30.3 Å². The van der Waals surface area contributed by atoms with E-state index in [-0.39, 0.29) is 35.4 Å². The van der Waals surface area contributed by atoms with Gasteiger partial charge in [0.1, 0.15) is 12.6 Å². The Morgan fingerprint density at radius 2 is 1.67 bits per heavy atom. The lowest BCUT2D eigenvalue weighted by Crippen LogP contribution is -2.55. The summed E-state index contributed by atoms with van der Waals surface area (Å²) in [6.07, 6.45) is 3.61. The first-order valence-electron chi connectivity index (χ1n) is 8.94. The lowest BCUT2D eigenvalue weighted by molar-refractivity contribution is -0.136. The summed E-state index contributed by atoms with van der Waals surface area (Å²) in [7, 11) is -0.00117. The molecule has 0 bridgehead atoms. The highest BCUT2D eigenvalue weighted by Gasteiger charge is 2.28. The Morgan fingerprint density at radius 1 is 1.07 bits per heavy atom. The van der Waals surface area contributed by atoms with Crippen molar-refractivity contribution in [3.05, 3.63) is 35.9 Å². The van der Waals surface area contributed by atoms with Crippen LogP contribution in [0.25, 0.3) is 0 Å². The quantitative estimate of drug-likeness (QED) is 0.726. The lowest BCUT2D eigenvalue weighted by atomic mass is 10.2. The number of amides is 3. The molecule has 7 nitrogen and oxygen atoms in total. The molecule has 27 heavy (non-hydrogen) atoms. The first-order chi connectivity index (χ1) is 12.9. The first kappa shape index (κ1) is 21.1. The molecule has 8 heteroatoms. The van der Waals surface area contributed by atoms with Crippen LogP contribution < -0.4 is 5.32 Å². The van der Waals surface area contributed by atoms with Gasteiger partial charge < -0.3 is 19.9 Å². The van der Waals surface area contributed by atoms with Crippen LogP contribution in [0.15, 0.2) is 30.3 Å². The van der Waals surface area contributed by atoms with Crippen LogP contribution in [0.4, 0.5) is 4.79 Å². The third-order valence-electron chi connectivity index (χ3n) is 4.22. The zero-order valence-electron chi connectivity index (χ0n) is 16.1. The van der Waals surface area contributed by atoms with Crippen molar-refractivity contribution < 1.29 is 19.1 Å². The minimum absolute atomic E-state index is 0.00117. The molecule has 1 fully saturated rings. The Kier molecular flexibility index (Phi) is 7.97. The van der Waals surface area contributed by atoms with E-state index in [1.165, 1.54) is 0 Å². The first-order valence-corrected chi connectivity index (χ1v) is 11.2. The SMILES string of the molecule is C[C@H](NC(=O)C[S+](C)C)C(=O)N1CCN(C(=O)OCc2ccccc2)CC1. The summed E-state index contributed by atoms with van der Waals surface area (Å²) in [5, 5.41) is 2.75. The second kappa shape index (κ2) is 10.2. The van der Waals surface area contributed by atoms with Crippen molar-refractivity contribution in [3.8, 4) is 0 Å². The van der Waals surface area contributed by atoms with Crippen LogP contribution in [0.1, 0.15) is 12.5 Å². The molecule has 0 aliphatic carbocycles. The van der Waals surface area contributed by atoms with Gasteiger partial charge in [0.2, 0.25) is 5.91 Å². The molecule has 1 aromatic rings. The average Bonchev–Trinajstić information content (AvgIpc) is 2.65. The standard InChI is InChI=1S/C19H27N3O4S/c1-15(20-17(23)14-27(2)3)18(24)21-9-11-22(12-10-21)19(25)26-13-16-7-5-4-6-8-16/h4-8,15H,9-14H2,1-3H3/p+1/t15-/m0/s1. The molecule has 148 valence electrons. The molecule has 1 aromatic carbocycles. The fraction of sp³-hybridized carbons (Fsp3) is 0.526. The normalized spacial score (nSPS) is 15.4. The highest BCUT2D eigenvalue weighted by atomic mass is 32.2. The Labute approximate surface area is 163 Å². The Morgan fingerprint density at radius 3 is 2.26 bits per heavy atom. The smallest absolute Gasteiger partial charge is 0.410 e. The van der Waals surface area contributed by atoms with E-state index < -0.39 is 6.04 Å². The lowest BCUT2D eigenvalue weighted by Gasteiger charge is -2.35. The molecule has 0 unspecified atom stereocenters. The van der Waals surface area contributed by atoms with Crippen molar-refractivity contribution >= 4 is 28.8 Å². The van der Waals surface area contributed by atoms with E-state index in [4.69, 9.17) is 4.74 Å². The van der Waals surface area contributed by atoms with E-state index in [0.717, 1.165) is 5.56 Å². The fourth-order valence-electron chi connectivity index (χ4n) is 2.80. The van der Waals surface area contributed by atoms with E-state index in [1.807, 2.05) is 42.8 Å². The van der Waals surface area contributed by atoms with Gasteiger partial charge in [0, 0.05) is 26.2 Å². The maximum absolute atomic E-state index is 12.5. The Balaban J connectivity index is 1.74. The molecule has 0 saturated carbocycles. The Hall–Kier alpha value is -2.22. The van der Waals surface area contributed by atoms with Crippen LogP contribution in [0.2, 0.25) is 0 Å². The van der Waals surface area contributed by atoms with E-state index in [0.29, 0.717) is 31.9 Å². The maximum Gasteiger partial charge on any atom is 0.410 e. The third kappa shape index (κ3) is 6.78. The van der Waals surface area contributed by atoms with Crippen LogP contribution >= 0.6 is 0 Å². The van der Waals surface area contributed by atoms with Crippen molar-refractivity contribution in [2.45, 2.75) is 19.6 Å². The summed E-state index contributed by atoms with van der Waals surface area (Å²) in [5.41, 5.74) is 0.936. The third-order valence-corrected chi connectivity index (χ3v) is 5.06. The van der Waals surface area contributed by atoms with Gasteiger partial charge in [-0.2, -0.15) is 0 Å². The number of hydrogen-bond donors (Lipinski definition) is 1. The molecule has 1 heterocycles. The molecule has 0 radical (unpaired) electrons. The molecular weight excluding hydrogens is 366 g/mol. The van der Waals surface area contributed by atoms with E-state index in [1.54, 1.807) is 16.7 Å². The van der Waals surface area contributed by atoms with Crippen molar-refractivity contribution in [1.82, 2.24) is 15.1 Å². The van der Waals surface area contributed by atoms with Crippen molar-refractivity contribution in [2.24, 2.45) is 0 Å². The number of piperazine rings is 1. The van der Waals surface area contributed by atoms with Crippen molar-refractivity contribution in [3.63, 3.8) is 0 Å². The van der Waals surface area contributed by atoms with Gasteiger partial charge in [0.25, 0.3) is 5.91 Å². The maximum atomic E-state index is 12.5. The van der Waals surface area contributed by atoms with Gasteiger partial charge in [-0.3, -0.25) is 9.59 Å². The zero-order valence-corrected chi connectivity index (χ0v) is 17.0. The van der Waals surface area contributed by atoms with Crippen LogP contribution in [0.3, 0.4) is 0 Å². The second-order valence-corrected chi connectivity index (χ2v) is 9.03. The summed E-state index contributed by atoms with van der Waals surface area (Å²) in [6.45, 7) is 3.65. The van der Waals surface area contributed by atoms with E-state index in [9.17, 15) is 14.4 Å². The van der Waals surface area contributed by atoms with Crippen LogP contribution in [-0.4, -0.2) is 78.2 Å². The number of hydrogen-bond acceptors (Lipinski definition) is 4. The monoisotopic (exact) mass is 394 g/mol. The minimum atomic E-state index is -0.558. The second-order valence-electron chi connectivity index (χ2n) is 6.77. The molecule has 1 aliphatic heterocycles. The molecule has 3 amide bonds. The number of benzene rings is 1. The molecular formula is C19H28N3O4S+. The summed E-state index contributed by atoms with van der Waals surface area (Å²) in [4.78, 5) is 39.8. The highest BCUT2D eigenvalue weighted by molar-refractivity contribution is 7.96. The molecule has 2 rings (SSSR count). The average molecular weight is 395 g/mol. The number of nitrogens with one attached hydrogen (secondary N) is 1. The van der Waals surface area contributed by atoms with Gasteiger partial charge >= 0.3 is 6.09 Å². The largest absolute Gasteiger partial charge is 0.445 e. The molecule has 1 aliphatic rings. The zero-order chi connectivity index (χ0) is 19.8. The predicted molar refractivity (Wildman–Crippen MR) is 106 cm³/mol. The highest BCUT2D eigenvalue weighted by Crippen LogP contribution is 2.08. The fourth-order valence-corrected chi connectivity index (χ4v) is 3.41.